The Kier molecular flexibility index (Phi) is 11.8. The molecule has 42 heavy (non-hydrogen) atoms. The molecule has 0 aromatic heterocycles. The zero-order chi connectivity index (χ0) is 30.9. The Morgan fingerprint density at radius 1 is 0.952 bits per heavy atom. The van der Waals surface area contributed by atoms with Crippen molar-refractivity contribution in [2.24, 2.45) is 0 Å². The van der Waals surface area contributed by atoms with Crippen molar-refractivity contribution in [3.05, 3.63) is 82.8 Å². The number of carbonyl (C=O) groups excluding carboxylic acids is 2. The van der Waals surface area contributed by atoms with Gasteiger partial charge in [-0.2, -0.15) is 0 Å². The fourth-order valence-electron chi connectivity index (χ4n) is 4.15. The predicted octanol–water partition coefficient (Wildman–Crippen LogP) is 5.38. The molecule has 9 nitrogen and oxygen atoms in total. The third-order valence-electron chi connectivity index (χ3n) is 6.77. The summed E-state index contributed by atoms with van der Waals surface area (Å²) in [5.41, 5.74) is 1.02. The summed E-state index contributed by atoms with van der Waals surface area (Å²) in [7, 11) is -2.63. The van der Waals surface area contributed by atoms with Crippen molar-refractivity contribution < 1.29 is 27.5 Å². The molecule has 0 aliphatic carbocycles. The molecule has 226 valence electrons. The van der Waals surface area contributed by atoms with Gasteiger partial charge in [-0.05, 0) is 93.4 Å². The largest absolute Gasteiger partial charge is 0.497 e. The van der Waals surface area contributed by atoms with Gasteiger partial charge >= 0.3 is 0 Å². The van der Waals surface area contributed by atoms with E-state index in [0.29, 0.717) is 18.1 Å². The highest BCUT2D eigenvalue weighted by Gasteiger charge is 2.33. The number of sulfonamides is 1. The van der Waals surface area contributed by atoms with Crippen LogP contribution in [0.2, 0.25) is 0 Å². The van der Waals surface area contributed by atoms with Gasteiger partial charge in [-0.15, -0.1) is 0 Å². The van der Waals surface area contributed by atoms with E-state index >= 15 is 0 Å². The van der Waals surface area contributed by atoms with E-state index in [0.717, 1.165) is 20.8 Å². The van der Waals surface area contributed by atoms with Gasteiger partial charge in [0.2, 0.25) is 11.8 Å². The third kappa shape index (κ3) is 8.48. The van der Waals surface area contributed by atoms with Gasteiger partial charge in [-0.25, -0.2) is 8.42 Å². The first-order chi connectivity index (χ1) is 20.0. The van der Waals surface area contributed by atoms with Crippen LogP contribution >= 0.6 is 15.9 Å². The van der Waals surface area contributed by atoms with Gasteiger partial charge in [-0.1, -0.05) is 35.0 Å². The number of benzene rings is 3. The second-order valence-electron chi connectivity index (χ2n) is 9.76. The molecule has 0 heterocycles. The van der Waals surface area contributed by atoms with Crippen molar-refractivity contribution in [2.45, 2.75) is 57.6 Å². The predicted molar refractivity (Wildman–Crippen MR) is 167 cm³/mol. The van der Waals surface area contributed by atoms with Gasteiger partial charge in [0.1, 0.15) is 24.1 Å². The van der Waals surface area contributed by atoms with Gasteiger partial charge in [0.05, 0.1) is 24.3 Å². The average Bonchev–Trinajstić information content (AvgIpc) is 2.99. The number of halogens is 1. The van der Waals surface area contributed by atoms with Crippen molar-refractivity contribution in [3.63, 3.8) is 0 Å². The fourth-order valence-corrected chi connectivity index (χ4v) is 5.83. The van der Waals surface area contributed by atoms with Crippen LogP contribution in [0.3, 0.4) is 0 Å². The molecule has 11 heteroatoms. The van der Waals surface area contributed by atoms with Crippen molar-refractivity contribution in [1.29, 1.82) is 0 Å². The molecule has 1 N–H and O–H groups in total. The maximum absolute atomic E-state index is 14.1. The third-order valence-corrected chi connectivity index (χ3v) is 9.09. The van der Waals surface area contributed by atoms with Gasteiger partial charge in [0.15, 0.2) is 0 Å². The van der Waals surface area contributed by atoms with E-state index in [1.165, 1.54) is 17.0 Å². The first-order valence-electron chi connectivity index (χ1n) is 13.7. The quantitative estimate of drug-likeness (QED) is 0.249. The monoisotopic (exact) mass is 659 g/mol. The Labute approximate surface area is 257 Å². The Hall–Kier alpha value is -3.57. The van der Waals surface area contributed by atoms with Gasteiger partial charge < -0.3 is 19.7 Å². The highest BCUT2D eigenvalue weighted by molar-refractivity contribution is 9.10. The molecule has 0 bridgehead atoms. The minimum Gasteiger partial charge on any atom is -0.497 e. The molecule has 0 fully saturated rings. The van der Waals surface area contributed by atoms with Crippen molar-refractivity contribution in [1.82, 2.24) is 10.2 Å². The van der Waals surface area contributed by atoms with E-state index < -0.39 is 28.5 Å². The van der Waals surface area contributed by atoms with Crippen LogP contribution in [0.5, 0.6) is 11.5 Å². The molecule has 0 aliphatic rings. The normalized spacial score (nSPS) is 12.6. The Morgan fingerprint density at radius 3 is 2.21 bits per heavy atom. The van der Waals surface area contributed by atoms with Crippen LogP contribution in [0.1, 0.15) is 39.7 Å². The van der Waals surface area contributed by atoms with Crippen LogP contribution in [0.25, 0.3) is 0 Å². The number of nitrogens with zero attached hydrogens (tertiary/aromatic N) is 2. The van der Waals surface area contributed by atoms with E-state index in [-0.39, 0.29) is 29.1 Å². The summed E-state index contributed by atoms with van der Waals surface area (Å²) in [6.45, 7) is 7.33. The van der Waals surface area contributed by atoms with Crippen LogP contribution < -0.4 is 19.1 Å². The van der Waals surface area contributed by atoms with Gasteiger partial charge in [-0.3, -0.25) is 13.9 Å². The minimum absolute atomic E-state index is 0.0225. The van der Waals surface area contributed by atoms with Crippen molar-refractivity contribution in [3.8, 4) is 11.5 Å². The van der Waals surface area contributed by atoms with E-state index in [1.54, 1.807) is 68.6 Å². The smallest absolute Gasteiger partial charge is 0.264 e. The van der Waals surface area contributed by atoms with E-state index in [2.05, 4.69) is 21.2 Å². The summed E-state index contributed by atoms with van der Waals surface area (Å²) >= 11 is 3.34. The molecule has 0 radical (unpaired) electrons. The first-order valence-corrected chi connectivity index (χ1v) is 16.0. The molecule has 0 unspecified atom stereocenters. The second kappa shape index (κ2) is 15.1. The molecular weight excluding hydrogens is 622 g/mol. The van der Waals surface area contributed by atoms with Crippen molar-refractivity contribution in [2.75, 3.05) is 24.6 Å². The molecule has 0 saturated carbocycles. The van der Waals surface area contributed by atoms with E-state index in [4.69, 9.17) is 9.47 Å². The summed E-state index contributed by atoms with van der Waals surface area (Å²) in [6, 6.07) is 18.9. The number of methoxy groups -OCH3 is 1. The maximum Gasteiger partial charge on any atom is 0.264 e. The lowest BCUT2D eigenvalue weighted by Gasteiger charge is -2.32. The Balaban J connectivity index is 2.04. The lowest BCUT2D eigenvalue weighted by Crippen LogP contribution is -2.52. The number of rotatable bonds is 14. The topological polar surface area (TPSA) is 105 Å². The number of nitrogens with one attached hydrogen (secondary N) is 1. The lowest BCUT2D eigenvalue weighted by atomic mass is 10.1. The first kappa shape index (κ1) is 32.9. The average molecular weight is 661 g/mol. The molecule has 3 rings (SSSR count). The number of hydrogen-bond acceptors (Lipinski definition) is 6. The molecule has 0 saturated heterocycles. The molecule has 0 spiro atoms. The minimum atomic E-state index is -4.17. The van der Waals surface area contributed by atoms with Gasteiger partial charge in [0, 0.05) is 17.1 Å². The molecule has 3 aromatic rings. The summed E-state index contributed by atoms with van der Waals surface area (Å²) in [5.74, 6) is 0.303. The number of ether oxygens (including phenoxy) is 2. The van der Waals surface area contributed by atoms with Crippen molar-refractivity contribution >= 4 is 43.5 Å². The standard InChI is InChI=1S/C31H38BrN3O6S/c1-6-22(3)33-31(37)23(4)34(20-24-9-8-10-28(19-24)40-5)30(36)21-35(26-13-15-27(16-14-26)41-7-2)42(38,39)29-17-11-25(32)12-18-29/h8-19,22-23H,6-7,20-21H2,1-5H3,(H,33,37)/t22-,23-/m1/s1. The maximum atomic E-state index is 14.1. The molecule has 0 aliphatic heterocycles. The molecular formula is C31H38BrN3O6S. The summed E-state index contributed by atoms with van der Waals surface area (Å²) in [6.07, 6.45) is 0.721. The zero-order valence-corrected chi connectivity index (χ0v) is 26.9. The molecule has 2 amide bonds. The van der Waals surface area contributed by atoms with Gasteiger partial charge in [0.25, 0.3) is 10.0 Å². The number of anilines is 1. The second-order valence-corrected chi connectivity index (χ2v) is 12.5. The summed E-state index contributed by atoms with van der Waals surface area (Å²) < 4.78 is 40.6. The number of hydrogen-bond donors (Lipinski definition) is 1. The van der Waals surface area contributed by atoms with E-state index in [1.807, 2.05) is 26.8 Å². The van der Waals surface area contributed by atoms with Crippen LogP contribution in [0, 0.1) is 0 Å². The van der Waals surface area contributed by atoms with Crippen LogP contribution in [-0.4, -0.2) is 57.5 Å². The Bertz CT molecular complexity index is 1450. The highest BCUT2D eigenvalue weighted by Crippen LogP contribution is 2.27. The SMILES string of the molecule is CCOc1ccc(N(CC(=O)N(Cc2cccc(OC)c2)[C@H](C)C(=O)N[C@H](C)CC)S(=O)(=O)c2ccc(Br)cc2)cc1. The fraction of sp³-hybridized carbons (Fsp3) is 0.355. The molecule has 2 atom stereocenters. The summed E-state index contributed by atoms with van der Waals surface area (Å²) in [4.78, 5) is 28.7. The number of carbonyl (C=O) groups is 2. The number of amides is 2. The summed E-state index contributed by atoms with van der Waals surface area (Å²) in [5, 5.41) is 2.93. The lowest BCUT2D eigenvalue weighted by molar-refractivity contribution is -0.139. The van der Waals surface area contributed by atoms with Crippen LogP contribution in [0.15, 0.2) is 82.2 Å². The highest BCUT2D eigenvalue weighted by atomic mass is 79.9. The van der Waals surface area contributed by atoms with Crippen LogP contribution in [0.4, 0.5) is 5.69 Å². The van der Waals surface area contributed by atoms with E-state index in [9.17, 15) is 18.0 Å². The molecule has 3 aromatic carbocycles. The zero-order valence-electron chi connectivity index (χ0n) is 24.5. The Morgan fingerprint density at radius 2 is 1.62 bits per heavy atom. The van der Waals surface area contributed by atoms with Crippen LogP contribution in [-0.2, 0) is 26.2 Å².